The summed E-state index contributed by atoms with van der Waals surface area (Å²) in [5, 5.41) is 12.3. The number of rotatable bonds is 4. The fourth-order valence-corrected chi connectivity index (χ4v) is 12.0. The van der Waals surface area contributed by atoms with Crippen LogP contribution in [0, 0.1) is 0 Å². The number of aromatic nitrogens is 3. The van der Waals surface area contributed by atoms with Crippen molar-refractivity contribution < 1.29 is 4.42 Å². The number of nitrogens with zero attached hydrogens (tertiary/aromatic N) is 3. The molecule has 15 rings (SSSR count). The summed E-state index contributed by atoms with van der Waals surface area (Å²) in [6, 6.07) is 78.0. The van der Waals surface area contributed by atoms with E-state index in [0.717, 1.165) is 39.0 Å². The highest BCUT2D eigenvalue weighted by Crippen LogP contribution is 2.43. The molecule has 0 aliphatic heterocycles. The largest absolute Gasteiger partial charge is 0.456 e. The molecule has 0 aliphatic carbocycles. The van der Waals surface area contributed by atoms with Gasteiger partial charge < -0.3 is 18.1 Å². The molecule has 0 atom stereocenters. The van der Waals surface area contributed by atoms with Crippen LogP contribution >= 0.6 is 11.3 Å². The lowest BCUT2D eigenvalue weighted by molar-refractivity contribution is 0.669. The van der Waals surface area contributed by atoms with E-state index in [1.165, 1.54) is 96.7 Å². The number of fused-ring (bicyclic) bond motifs is 15. The Morgan fingerprint density at radius 1 is 0.262 bits per heavy atom. The molecule has 5 heterocycles. The number of benzene rings is 10. The van der Waals surface area contributed by atoms with E-state index in [-0.39, 0.29) is 0 Å². The van der Waals surface area contributed by atoms with E-state index >= 15 is 0 Å². The van der Waals surface area contributed by atoms with E-state index in [1.54, 1.807) is 0 Å². The second-order valence-electron chi connectivity index (χ2n) is 17.3. The van der Waals surface area contributed by atoms with Gasteiger partial charge in [-0.15, -0.1) is 11.3 Å². The zero-order valence-corrected chi connectivity index (χ0v) is 35.7. The third kappa shape index (κ3) is 4.96. The lowest BCUT2D eigenvalue weighted by atomic mass is 10.0. The highest BCUT2D eigenvalue weighted by atomic mass is 32.1. The van der Waals surface area contributed by atoms with E-state index in [4.69, 9.17) is 4.42 Å². The zero-order chi connectivity index (χ0) is 42.3. The summed E-state index contributed by atoms with van der Waals surface area (Å²) in [6.45, 7) is 0. The molecule has 0 amide bonds. The van der Waals surface area contributed by atoms with Crippen molar-refractivity contribution in [2.24, 2.45) is 0 Å². The fourth-order valence-electron chi connectivity index (χ4n) is 10.9. The van der Waals surface area contributed by atoms with Crippen LogP contribution in [-0.4, -0.2) is 13.7 Å². The summed E-state index contributed by atoms with van der Waals surface area (Å²) in [4.78, 5) is 0. The Labute approximate surface area is 375 Å². The maximum atomic E-state index is 6.18. The minimum Gasteiger partial charge on any atom is -0.456 e. The van der Waals surface area contributed by atoms with Gasteiger partial charge in [-0.2, -0.15) is 0 Å². The third-order valence-corrected chi connectivity index (χ3v) is 15.0. The van der Waals surface area contributed by atoms with Gasteiger partial charge in [0.2, 0.25) is 0 Å². The molecule has 5 heteroatoms. The van der Waals surface area contributed by atoms with Crippen molar-refractivity contribution >= 4 is 119 Å². The minimum atomic E-state index is 0.914. The smallest absolute Gasteiger partial charge is 0.135 e. The van der Waals surface area contributed by atoms with Crippen molar-refractivity contribution in [1.82, 2.24) is 13.7 Å². The quantitative estimate of drug-likeness (QED) is 0.173. The van der Waals surface area contributed by atoms with Crippen LogP contribution in [0.25, 0.3) is 136 Å². The number of furan rings is 1. The molecule has 0 fully saturated rings. The van der Waals surface area contributed by atoms with Gasteiger partial charge in [0.25, 0.3) is 0 Å². The van der Waals surface area contributed by atoms with Gasteiger partial charge in [0.05, 0.1) is 33.1 Å². The van der Waals surface area contributed by atoms with E-state index in [0.29, 0.717) is 0 Å². The average molecular weight is 846 g/mol. The average Bonchev–Trinajstić information content (AvgIpc) is 4.17. The highest BCUT2D eigenvalue weighted by Gasteiger charge is 2.20. The van der Waals surface area contributed by atoms with Crippen molar-refractivity contribution in [2.45, 2.75) is 0 Å². The molecule has 5 aromatic heterocycles. The molecule has 0 unspecified atom stereocenters. The summed E-state index contributed by atoms with van der Waals surface area (Å²) < 4.78 is 16.1. The minimum absolute atomic E-state index is 0.914. The van der Waals surface area contributed by atoms with Crippen molar-refractivity contribution in [2.75, 3.05) is 0 Å². The van der Waals surface area contributed by atoms with Crippen LogP contribution in [-0.2, 0) is 0 Å². The lowest BCUT2D eigenvalue weighted by Gasteiger charge is -2.11. The first-order valence-electron chi connectivity index (χ1n) is 22.2. The fraction of sp³-hybridized carbons (Fsp3) is 0. The first kappa shape index (κ1) is 35.1. The Hall–Kier alpha value is -8.38. The highest BCUT2D eigenvalue weighted by molar-refractivity contribution is 7.25. The van der Waals surface area contributed by atoms with Gasteiger partial charge in [-0.25, -0.2) is 0 Å². The first-order chi connectivity index (χ1) is 32.2. The Balaban J connectivity index is 0.965. The van der Waals surface area contributed by atoms with Gasteiger partial charge in [-0.1, -0.05) is 103 Å². The Morgan fingerprint density at radius 3 is 1.17 bits per heavy atom. The number of para-hydroxylation sites is 5. The van der Waals surface area contributed by atoms with E-state index in [2.05, 4.69) is 214 Å². The molecule has 302 valence electrons. The SMILES string of the molecule is c1ccc2c(c1)oc1ccc(-c3ccc4sc5ccc(-n6c7ccc(-n8c9ccccc9c9ccccc98)cc7c7cc(-n8c9ccccc9c9ccccc98)ccc76)cc5c4c3)cc12. The molecule has 0 saturated heterocycles. The van der Waals surface area contributed by atoms with Crippen molar-refractivity contribution in [1.29, 1.82) is 0 Å². The van der Waals surface area contributed by atoms with Gasteiger partial charge >= 0.3 is 0 Å². The topological polar surface area (TPSA) is 27.9 Å². The van der Waals surface area contributed by atoms with Crippen LogP contribution in [0.15, 0.2) is 217 Å². The zero-order valence-electron chi connectivity index (χ0n) is 34.9. The molecular weight excluding hydrogens is 811 g/mol. The van der Waals surface area contributed by atoms with Gasteiger partial charge in [-0.3, -0.25) is 0 Å². The van der Waals surface area contributed by atoms with E-state index < -0.39 is 0 Å². The van der Waals surface area contributed by atoms with E-state index in [9.17, 15) is 0 Å². The van der Waals surface area contributed by atoms with Gasteiger partial charge in [0.15, 0.2) is 0 Å². The molecule has 0 saturated carbocycles. The molecular formula is C60H35N3OS. The van der Waals surface area contributed by atoms with Crippen molar-refractivity contribution in [3.63, 3.8) is 0 Å². The first-order valence-corrected chi connectivity index (χ1v) is 23.0. The summed E-state index contributed by atoms with van der Waals surface area (Å²) in [5.74, 6) is 0. The molecule has 0 bridgehead atoms. The van der Waals surface area contributed by atoms with Crippen molar-refractivity contribution in [3.05, 3.63) is 212 Å². The third-order valence-electron chi connectivity index (χ3n) is 13.8. The van der Waals surface area contributed by atoms with Crippen LogP contribution in [0.3, 0.4) is 0 Å². The summed E-state index contributed by atoms with van der Waals surface area (Å²) in [6.07, 6.45) is 0. The molecule has 4 nitrogen and oxygen atoms in total. The van der Waals surface area contributed by atoms with Gasteiger partial charge in [-0.05, 0) is 120 Å². The van der Waals surface area contributed by atoms with Crippen LogP contribution in [0.2, 0.25) is 0 Å². The van der Waals surface area contributed by atoms with Crippen LogP contribution < -0.4 is 0 Å². The molecule has 0 aliphatic rings. The standard InChI is InChI=1S/C60H35N3OS/c1-6-16-51-41(11-1)42-12-2-7-17-52(42)61(51)38-23-26-55-46(33-38)47-34-39(62-53-18-8-3-13-43(53)44-14-4-9-19-54(44)62)24-27-56(47)63(55)40-25-30-60-50(35-40)49-32-37(22-29-59(49)65-60)36-21-28-58-48(31-36)45-15-5-10-20-57(45)64-58/h1-35H. The van der Waals surface area contributed by atoms with Crippen LogP contribution in [0.4, 0.5) is 0 Å². The molecule has 0 spiro atoms. The molecule has 65 heavy (non-hydrogen) atoms. The molecule has 0 N–H and O–H groups in total. The van der Waals surface area contributed by atoms with Gasteiger partial charge in [0.1, 0.15) is 11.2 Å². The Kier molecular flexibility index (Phi) is 7.07. The maximum absolute atomic E-state index is 6.18. The normalized spacial score (nSPS) is 12.3. The maximum Gasteiger partial charge on any atom is 0.135 e. The Morgan fingerprint density at radius 2 is 0.631 bits per heavy atom. The lowest BCUT2D eigenvalue weighted by Crippen LogP contribution is -1.96. The predicted molar refractivity (Wildman–Crippen MR) is 275 cm³/mol. The number of thiophene rings is 1. The Bertz CT molecular complexity index is 4220. The summed E-state index contributed by atoms with van der Waals surface area (Å²) in [7, 11) is 0. The number of hydrogen-bond donors (Lipinski definition) is 0. The van der Waals surface area contributed by atoms with E-state index in [1.807, 2.05) is 23.5 Å². The second-order valence-corrected chi connectivity index (χ2v) is 18.4. The predicted octanol–water partition coefficient (Wildman–Crippen LogP) is 16.9. The second kappa shape index (κ2) is 13.1. The number of hydrogen-bond acceptors (Lipinski definition) is 2. The summed E-state index contributed by atoms with van der Waals surface area (Å²) in [5.41, 5.74) is 14.8. The van der Waals surface area contributed by atoms with Crippen molar-refractivity contribution in [3.8, 4) is 28.2 Å². The monoisotopic (exact) mass is 845 g/mol. The molecule has 15 aromatic rings. The van der Waals surface area contributed by atoms with Gasteiger partial charge in [0, 0.05) is 80.3 Å². The van der Waals surface area contributed by atoms with Crippen LogP contribution in [0.5, 0.6) is 0 Å². The summed E-state index contributed by atoms with van der Waals surface area (Å²) >= 11 is 1.86. The molecule has 0 radical (unpaired) electrons. The molecule has 10 aromatic carbocycles. The van der Waals surface area contributed by atoms with Crippen LogP contribution in [0.1, 0.15) is 0 Å².